The van der Waals surface area contributed by atoms with Gasteiger partial charge >= 0.3 is 17.8 Å². The highest BCUT2D eigenvalue weighted by atomic mass is 19.1. The first-order chi connectivity index (χ1) is 11.3. The Morgan fingerprint density at radius 1 is 1.17 bits per heavy atom. The largest absolute Gasteiger partial charge is 0.334 e. The standard InChI is InChI=1S/C16H17FN4O3/c1-4-19-12-6-5-10(17)7-11(12)18-13(19)8-20-14(22)15(23)21(9(2)3)16(20)24/h5-7,9H,4,8H2,1-3H3. The molecular weight excluding hydrogens is 315 g/mol. The van der Waals surface area contributed by atoms with Gasteiger partial charge in [0.2, 0.25) is 0 Å². The summed E-state index contributed by atoms with van der Waals surface area (Å²) in [5.41, 5.74) is 1.15. The van der Waals surface area contributed by atoms with Crippen LogP contribution in [-0.2, 0) is 22.7 Å². The lowest BCUT2D eigenvalue weighted by Crippen LogP contribution is -2.38. The molecule has 3 rings (SSSR count). The summed E-state index contributed by atoms with van der Waals surface area (Å²) in [7, 11) is 0. The number of halogens is 1. The number of carbonyl (C=O) groups is 3. The van der Waals surface area contributed by atoms with Crippen LogP contribution in [0.5, 0.6) is 0 Å². The third-order valence-electron chi connectivity index (χ3n) is 4.01. The van der Waals surface area contributed by atoms with Crippen LogP contribution < -0.4 is 0 Å². The Morgan fingerprint density at radius 2 is 1.88 bits per heavy atom. The van der Waals surface area contributed by atoms with E-state index in [-0.39, 0.29) is 6.54 Å². The minimum atomic E-state index is -0.866. The fraction of sp³-hybridized carbons (Fsp3) is 0.375. The first-order valence-electron chi connectivity index (χ1n) is 7.68. The van der Waals surface area contributed by atoms with Gasteiger partial charge in [-0.1, -0.05) is 0 Å². The zero-order valence-electron chi connectivity index (χ0n) is 13.6. The second-order valence-electron chi connectivity index (χ2n) is 5.85. The number of aryl methyl sites for hydroxylation is 1. The lowest BCUT2D eigenvalue weighted by molar-refractivity contribution is -0.144. The molecule has 1 saturated heterocycles. The molecule has 8 heteroatoms. The third-order valence-corrected chi connectivity index (χ3v) is 4.01. The quantitative estimate of drug-likeness (QED) is 0.633. The van der Waals surface area contributed by atoms with Crippen molar-refractivity contribution in [1.29, 1.82) is 0 Å². The van der Waals surface area contributed by atoms with Crippen molar-refractivity contribution in [3.05, 3.63) is 29.8 Å². The van der Waals surface area contributed by atoms with E-state index < -0.39 is 29.7 Å². The lowest BCUT2D eigenvalue weighted by atomic mass is 10.3. The number of hydrogen-bond acceptors (Lipinski definition) is 4. The Hall–Kier alpha value is -2.77. The Morgan fingerprint density at radius 3 is 2.46 bits per heavy atom. The molecule has 0 radical (unpaired) electrons. The Bertz CT molecular complexity index is 858. The molecular formula is C16H17FN4O3. The molecule has 0 unspecified atom stereocenters. The molecule has 126 valence electrons. The number of benzene rings is 1. The molecule has 1 aliphatic rings. The van der Waals surface area contributed by atoms with E-state index in [0.29, 0.717) is 23.4 Å². The van der Waals surface area contributed by atoms with Crippen LogP contribution in [0, 0.1) is 5.82 Å². The Labute approximate surface area is 137 Å². The lowest BCUT2D eigenvalue weighted by Gasteiger charge is -2.18. The van der Waals surface area contributed by atoms with Crippen LogP contribution >= 0.6 is 0 Å². The van der Waals surface area contributed by atoms with Gasteiger partial charge in [-0.15, -0.1) is 0 Å². The number of imidazole rings is 1. The fourth-order valence-corrected chi connectivity index (χ4v) is 2.88. The van der Waals surface area contributed by atoms with Crippen molar-refractivity contribution in [3.8, 4) is 0 Å². The summed E-state index contributed by atoms with van der Waals surface area (Å²) in [6.45, 7) is 5.62. The highest BCUT2D eigenvalue weighted by Crippen LogP contribution is 2.22. The van der Waals surface area contributed by atoms with Gasteiger partial charge in [0.1, 0.15) is 11.6 Å². The van der Waals surface area contributed by atoms with Gasteiger partial charge in [-0.05, 0) is 32.9 Å². The monoisotopic (exact) mass is 332 g/mol. The van der Waals surface area contributed by atoms with Crippen LogP contribution in [0.15, 0.2) is 18.2 Å². The van der Waals surface area contributed by atoms with Gasteiger partial charge < -0.3 is 4.57 Å². The molecule has 1 aromatic carbocycles. The summed E-state index contributed by atoms with van der Waals surface area (Å²) in [5, 5.41) is 0. The van der Waals surface area contributed by atoms with Crippen LogP contribution in [-0.4, -0.2) is 43.2 Å². The maximum atomic E-state index is 13.4. The van der Waals surface area contributed by atoms with Gasteiger partial charge in [0.15, 0.2) is 0 Å². The SMILES string of the molecule is CCn1c(CN2C(=O)C(=O)N(C(C)C)C2=O)nc2cc(F)ccc21. The molecule has 0 aliphatic carbocycles. The molecule has 1 aromatic heterocycles. The average Bonchev–Trinajstić information content (AvgIpc) is 2.96. The van der Waals surface area contributed by atoms with E-state index in [4.69, 9.17) is 0 Å². The number of nitrogens with zero attached hydrogens (tertiary/aromatic N) is 4. The number of imide groups is 2. The zero-order chi connectivity index (χ0) is 17.6. The molecule has 0 bridgehead atoms. The van der Waals surface area contributed by atoms with Crippen molar-refractivity contribution >= 4 is 28.9 Å². The van der Waals surface area contributed by atoms with Gasteiger partial charge in [-0.2, -0.15) is 0 Å². The summed E-state index contributed by atoms with van der Waals surface area (Å²) < 4.78 is 15.2. The first-order valence-corrected chi connectivity index (χ1v) is 7.68. The minimum Gasteiger partial charge on any atom is -0.327 e. The van der Waals surface area contributed by atoms with E-state index in [1.807, 2.05) is 6.92 Å². The number of amides is 4. The predicted molar refractivity (Wildman–Crippen MR) is 83.3 cm³/mol. The normalized spacial score (nSPS) is 15.5. The van der Waals surface area contributed by atoms with E-state index >= 15 is 0 Å². The highest BCUT2D eigenvalue weighted by Gasteiger charge is 2.46. The minimum absolute atomic E-state index is 0.128. The number of fused-ring (bicyclic) bond motifs is 1. The van der Waals surface area contributed by atoms with Gasteiger partial charge in [-0.3, -0.25) is 14.5 Å². The molecule has 2 aromatic rings. The predicted octanol–water partition coefficient (Wildman–Crippen LogP) is 1.89. The van der Waals surface area contributed by atoms with Gasteiger partial charge in [-0.25, -0.2) is 19.1 Å². The van der Waals surface area contributed by atoms with Crippen molar-refractivity contribution in [1.82, 2.24) is 19.4 Å². The molecule has 0 spiro atoms. The summed E-state index contributed by atoms with van der Waals surface area (Å²) in [5.74, 6) is -1.68. The van der Waals surface area contributed by atoms with Crippen LogP contribution in [0.4, 0.5) is 9.18 Å². The molecule has 4 amide bonds. The smallest absolute Gasteiger partial charge is 0.327 e. The van der Waals surface area contributed by atoms with E-state index in [2.05, 4.69) is 4.98 Å². The van der Waals surface area contributed by atoms with Crippen LogP contribution in [0.2, 0.25) is 0 Å². The maximum absolute atomic E-state index is 13.4. The number of carbonyl (C=O) groups excluding carboxylic acids is 3. The number of rotatable bonds is 4. The van der Waals surface area contributed by atoms with Gasteiger partial charge in [0.05, 0.1) is 17.6 Å². The second-order valence-corrected chi connectivity index (χ2v) is 5.85. The molecule has 1 aliphatic heterocycles. The first kappa shape index (κ1) is 16.1. The van der Waals surface area contributed by atoms with Crippen LogP contribution in [0.3, 0.4) is 0 Å². The van der Waals surface area contributed by atoms with Gasteiger partial charge in [0.25, 0.3) is 0 Å². The third kappa shape index (κ3) is 2.34. The van der Waals surface area contributed by atoms with Crippen molar-refractivity contribution < 1.29 is 18.8 Å². The van der Waals surface area contributed by atoms with E-state index in [1.54, 1.807) is 24.5 Å². The number of aromatic nitrogens is 2. The number of hydrogen-bond donors (Lipinski definition) is 0. The van der Waals surface area contributed by atoms with Crippen molar-refractivity contribution in [2.75, 3.05) is 0 Å². The molecule has 0 atom stereocenters. The fourth-order valence-electron chi connectivity index (χ4n) is 2.88. The van der Waals surface area contributed by atoms with Crippen molar-refractivity contribution in [2.24, 2.45) is 0 Å². The topological polar surface area (TPSA) is 75.5 Å². The van der Waals surface area contributed by atoms with Crippen molar-refractivity contribution in [2.45, 2.75) is 39.9 Å². The summed E-state index contributed by atoms with van der Waals surface area (Å²) >= 11 is 0. The van der Waals surface area contributed by atoms with Crippen LogP contribution in [0.25, 0.3) is 11.0 Å². The van der Waals surface area contributed by atoms with Crippen molar-refractivity contribution in [3.63, 3.8) is 0 Å². The molecule has 0 N–H and O–H groups in total. The summed E-state index contributed by atoms with van der Waals surface area (Å²) in [4.78, 5) is 42.6. The average molecular weight is 332 g/mol. The highest BCUT2D eigenvalue weighted by molar-refractivity contribution is 6.44. The molecule has 1 fully saturated rings. The summed E-state index contributed by atoms with van der Waals surface area (Å²) in [6, 6.07) is 3.17. The second kappa shape index (κ2) is 5.70. The summed E-state index contributed by atoms with van der Waals surface area (Å²) in [6.07, 6.45) is 0. The molecule has 24 heavy (non-hydrogen) atoms. The van der Waals surface area contributed by atoms with E-state index in [0.717, 1.165) is 9.80 Å². The van der Waals surface area contributed by atoms with E-state index in [1.165, 1.54) is 12.1 Å². The Kier molecular flexibility index (Phi) is 3.82. The molecule has 0 saturated carbocycles. The molecule has 7 nitrogen and oxygen atoms in total. The van der Waals surface area contributed by atoms with Gasteiger partial charge in [0, 0.05) is 18.7 Å². The Balaban J connectivity index is 1.99. The number of urea groups is 1. The molecule has 2 heterocycles. The van der Waals surface area contributed by atoms with E-state index in [9.17, 15) is 18.8 Å². The van der Waals surface area contributed by atoms with Crippen LogP contribution in [0.1, 0.15) is 26.6 Å². The maximum Gasteiger partial charge on any atom is 0.334 e. The zero-order valence-corrected chi connectivity index (χ0v) is 13.6.